The maximum absolute atomic E-state index is 13.3. The number of rotatable bonds is 8. The second kappa shape index (κ2) is 12.8. The Morgan fingerprint density at radius 3 is 2.42 bits per heavy atom. The van der Waals surface area contributed by atoms with Gasteiger partial charge in [0.15, 0.2) is 0 Å². The minimum Gasteiger partial charge on any atom is -0.549 e. The SMILES string of the molecule is CCCCN(C(=O)c1ccc(Oc2cc3c(cc2Cl)C(C(=O)[O-])CCO3)cc1)c1ccc(Cl)cc1.[Na+]. The predicted octanol–water partition coefficient (Wildman–Crippen LogP) is 2.85. The fraction of sp³-hybridized carbons (Fsp3) is 0.259. The summed E-state index contributed by atoms with van der Waals surface area (Å²) in [7, 11) is 0. The Balaban J connectivity index is 0.00000361. The van der Waals surface area contributed by atoms with Gasteiger partial charge >= 0.3 is 29.6 Å². The van der Waals surface area contributed by atoms with Crippen LogP contribution in [0.3, 0.4) is 0 Å². The molecule has 0 N–H and O–H groups in total. The van der Waals surface area contributed by atoms with Crippen molar-refractivity contribution >= 4 is 40.8 Å². The third-order valence-corrected chi connectivity index (χ3v) is 6.38. The van der Waals surface area contributed by atoms with Gasteiger partial charge in [0.05, 0.1) is 11.6 Å². The first-order chi connectivity index (χ1) is 16.9. The maximum atomic E-state index is 13.3. The summed E-state index contributed by atoms with van der Waals surface area (Å²) < 4.78 is 11.5. The minimum absolute atomic E-state index is 0. The molecule has 0 aliphatic carbocycles. The Labute approximate surface area is 242 Å². The zero-order valence-corrected chi connectivity index (χ0v) is 23.6. The molecule has 0 saturated carbocycles. The maximum Gasteiger partial charge on any atom is 1.00 e. The third kappa shape index (κ3) is 6.55. The first-order valence-electron chi connectivity index (χ1n) is 11.4. The number of halogens is 2. The van der Waals surface area contributed by atoms with E-state index in [4.69, 9.17) is 32.7 Å². The smallest absolute Gasteiger partial charge is 0.549 e. The standard InChI is InChI=1S/C27H25Cl2NO5.Na/c1-2-3-13-30(19-8-6-18(28)7-9-19)26(31)17-4-10-20(11-5-17)35-25-16-24-22(15-23(25)29)21(27(32)33)12-14-34-24;/h4-11,15-16,21H,2-3,12-14H2,1H3,(H,32,33);/q;+1/p-1. The summed E-state index contributed by atoms with van der Waals surface area (Å²) in [6.07, 6.45) is 2.15. The molecule has 3 aromatic carbocycles. The van der Waals surface area contributed by atoms with Crippen LogP contribution in [0.25, 0.3) is 0 Å². The molecule has 9 heteroatoms. The van der Waals surface area contributed by atoms with E-state index in [1.54, 1.807) is 53.4 Å². The average Bonchev–Trinajstić information content (AvgIpc) is 2.85. The second-order valence-corrected chi connectivity index (χ2v) is 9.09. The van der Waals surface area contributed by atoms with Crippen molar-refractivity contribution in [1.29, 1.82) is 0 Å². The monoisotopic (exact) mass is 535 g/mol. The number of aliphatic carboxylic acids is 1. The molecule has 4 rings (SSSR count). The minimum atomic E-state index is -1.16. The number of carboxylic acid groups (broad SMARTS) is 1. The number of hydrogen-bond donors (Lipinski definition) is 0. The van der Waals surface area contributed by atoms with Gasteiger partial charge in [-0.2, -0.15) is 0 Å². The van der Waals surface area contributed by atoms with E-state index in [1.807, 2.05) is 12.1 Å². The van der Waals surface area contributed by atoms with Gasteiger partial charge in [0, 0.05) is 46.3 Å². The van der Waals surface area contributed by atoms with E-state index < -0.39 is 11.9 Å². The molecule has 0 spiro atoms. The van der Waals surface area contributed by atoms with Gasteiger partial charge in [-0.05, 0) is 67.4 Å². The Morgan fingerprint density at radius 1 is 1.08 bits per heavy atom. The molecule has 1 aliphatic heterocycles. The number of unbranched alkanes of at least 4 members (excludes halogenated alkanes) is 1. The molecular weight excluding hydrogens is 512 g/mol. The van der Waals surface area contributed by atoms with E-state index >= 15 is 0 Å². The predicted molar refractivity (Wildman–Crippen MR) is 134 cm³/mol. The van der Waals surface area contributed by atoms with E-state index in [-0.39, 0.29) is 47.1 Å². The fourth-order valence-electron chi connectivity index (χ4n) is 3.95. The number of amides is 1. The van der Waals surface area contributed by atoms with Crippen LogP contribution in [0.15, 0.2) is 60.7 Å². The van der Waals surface area contributed by atoms with Crippen molar-refractivity contribution in [1.82, 2.24) is 0 Å². The van der Waals surface area contributed by atoms with Crippen molar-refractivity contribution in [3.8, 4) is 17.2 Å². The van der Waals surface area contributed by atoms with E-state index in [0.29, 0.717) is 46.4 Å². The zero-order valence-electron chi connectivity index (χ0n) is 20.1. The fourth-order valence-corrected chi connectivity index (χ4v) is 4.28. The topological polar surface area (TPSA) is 78.9 Å². The summed E-state index contributed by atoms with van der Waals surface area (Å²) in [6, 6.07) is 17.1. The van der Waals surface area contributed by atoms with Crippen molar-refractivity contribution in [2.24, 2.45) is 0 Å². The summed E-state index contributed by atoms with van der Waals surface area (Å²) in [6.45, 7) is 2.94. The van der Waals surface area contributed by atoms with Gasteiger partial charge in [-0.15, -0.1) is 0 Å². The van der Waals surface area contributed by atoms with Gasteiger partial charge in [-0.25, -0.2) is 0 Å². The molecule has 0 fully saturated rings. The first-order valence-corrected chi connectivity index (χ1v) is 12.2. The van der Waals surface area contributed by atoms with Gasteiger partial charge in [-0.3, -0.25) is 4.79 Å². The van der Waals surface area contributed by atoms with Crippen molar-refractivity contribution in [2.45, 2.75) is 32.1 Å². The quantitative estimate of drug-likeness (QED) is 0.414. The molecule has 36 heavy (non-hydrogen) atoms. The molecule has 0 bridgehead atoms. The van der Waals surface area contributed by atoms with Crippen LogP contribution >= 0.6 is 23.2 Å². The summed E-state index contributed by atoms with van der Waals surface area (Å²) >= 11 is 12.4. The van der Waals surface area contributed by atoms with E-state index in [1.165, 1.54) is 0 Å². The van der Waals surface area contributed by atoms with Crippen molar-refractivity contribution in [3.05, 3.63) is 81.8 Å². The summed E-state index contributed by atoms with van der Waals surface area (Å²) in [5.74, 6) is -0.846. The molecule has 0 saturated heterocycles. The Morgan fingerprint density at radius 2 is 1.78 bits per heavy atom. The van der Waals surface area contributed by atoms with E-state index in [2.05, 4.69) is 6.92 Å². The van der Waals surface area contributed by atoms with Crippen LogP contribution in [0.5, 0.6) is 17.2 Å². The molecule has 1 heterocycles. The molecule has 1 atom stereocenters. The van der Waals surface area contributed by atoms with Crippen LogP contribution in [-0.4, -0.2) is 25.0 Å². The van der Waals surface area contributed by atoms with Gasteiger partial charge in [0.25, 0.3) is 5.91 Å². The van der Waals surface area contributed by atoms with Crippen LogP contribution in [0.4, 0.5) is 5.69 Å². The number of ether oxygens (including phenoxy) is 2. The number of carboxylic acids is 1. The normalized spacial score (nSPS) is 14.1. The Kier molecular flexibility index (Phi) is 10.1. The van der Waals surface area contributed by atoms with E-state index in [0.717, 1.165) is 18.5 Å². The number of hydrogen-bond acceptors (Lipinski definition) is 5. The summed E-state index contributed by atoms with van der Waals surface area (Å²) in [5, 5.41) is 12.3. The Hall–Kier alpha value is -2.22. The van der Waals surface area contributed by atoms with Gasteiger partial charge in [0.1, 0.15) is 17.2 Å². The third-order valence-electron chi connectivity index (χ3n) is 5.84. The largest absolute Gasteiger partial charge is 1.00 e. The number of carbonyl (C=O) groups is 2. The first kappa shape index (κ1) is 28.4. The number of anilines is 1. The van der Waals surface area contributed by atoms with Gasteiger partial charge < -0.3 is 24.3 Å². The molecule has 0 aromatic heterocycles. The molecule has 182 valence electrons. The number of fused-ring (bicyclic) bond motifs is 1. The number of benzene rings is 3. The Bertz CT molecular complexity index is 1220. The number of nitrogens with zero attached hydrogens (tertiary/aromatic N) is 1. The van der Waals surface area contributed by atoms with Crippen LogP contribution in [0.1, 0.15) is 48.0 Å². The molecular formula is C27H24Cl2NNaO5. The molecule has 6 nitrogen and oxygen atoms in total. The van der Waals surface area contributed by atoms with Crippen LogP contribution in [-0.2, 0) is 4.79 Å². The van der Waals surface area contributed by atoms with Crippen LogP contribution in [0.2, 0.25) is 10.0 Å². The average molecular weight is 536 g/mol. The zero-order chi connectivity index (χ0) is 24.9. The van der Waals surface area contributed by atoms with Gasteiger partial charge in [-0.1, -0.05) is 36.5 Å². The van der Waals surface area contributed by atoms with Crippen molar-refractivity contribution < 1.29 is 53.7 Å². The van der Waals surface area contributed by atoms with Crippen molar-refractivity contribution in [3.63, 3.8) is 0 Å². The molecule has 3 aromatic rings. The van der Waals surface area contributed by atoms with Gasteiger partial charge in [0.2, 0.25) is 0 Å². The van der Waals surface area contributed by atoms with Crippen LogP contribution < -0.4 is 49.0 Å². The molecule has 0 radical (unpaired) electrons. The van der Waals surface area contributed by atoms with Crippen LogP contribution in [0, 0.1) is 0 Å². The van der Waals surface area contributed by atoms with E-state index in [9.17, 15) is 14.7 Å². The number of carbonyl (C=O) groups excluding carboxylic acids is 2. The second-order valence-electron chi connectivity index (χ2n) is 8.24. The molecule has 1 aliphatic rings. The summed E-state index contributed by atoms with van der Waals surface area (Å²) in [4.78, 5) is 26.4. The summed E-state index contributed by atoms with van der Waals surface area (Å²) in [5.41, 5.74) is 1.77. The van der Waals surface area contributed by atoms with Crippen molar-refractivity contribution in [2.75, 3.05) is 18.1 Å². The molecule has 1 unspecified atom stereocenters. The molecule has 1 amide bonds.